The third-order valence-corrected chi connectivity index (χ3v) is 9.80. The monoisotopic (exact) mass is 872 g/mol. The average molecular weight is 874 g/mol. The number of piperidine rings is 2. The Bertz CT molecular complexity index is 2290. The van der Waals surface area contributed by atoms with E-state index in [4.69, 9.17) is 43.8 Å². The van der Waals surface area contributed by atoms with Crippen LogP contribution in [0.4, 0.5) is 17.6 Å². The van der Waals surface area contributed by atoms with Crippen LogP contribution in [0.15, 0.2) is 73.1 Å². The number of alkyl halides is 2. The van der Waals surface area contributed by atoms with Crippen LogP contribution in [0.5, 0.6) is 0 Å². The molecule has 0 bridgehead atoms. The summed E-state index contributed by atoms with van der Waals surface area (Å²) in [6.07, 6.45) is 0.712. The zero-order valence-corrected chi connectivity index (χ0v) is 33.5. The van der Waals surface area contributed by atoms with Gasteiger partial charge in [-0.05, 0) is 73.4 Å². The summed E-state index contributed by atoms with van der Waals surface area (Å²) in [5.74, 6) is -2.01. The Labute approximate surface area is 361 Å². The number of carbonyl (C=O) groups is 2. The number of aromatic nitrogens is 2. The highest BCUT2D eigenvalue weighted by atomic mass is 35.5. The minimum absolute atomic E-state index is 0. The smallest absolute Gasteiger partial charge is 0.253 e. The summed E-state index contributed by atoms with van der Waals surface area (Å²) >= 11 is 11.4. The van der Waals surface area contributed by atoms with Crippen molar-refractivity contribution in [2.24, 2.45) is 5.73 Å². The highest BCUT2D eigenvalue weighted by Crippen LogP contribution is 2.31. The number of pyridine rings is 2. The number of rotatable bonds is 8. The zero-order chi connectivity index (χ0) is 47.8. The van der Waals surface area contributed by atoms with E-state index < -0.39 is 48.9 Å². The summed E-state index contributed by atoms with van der Waals surface area (Å²) < 4.78 is 108. The van der Waals surface area contributed by atoms with Gasteiger partial charge in [-0.1, -0.05) is 35.3 Å². The molecule has 4 N–H and O–H groups in total. The third-order valence-electron chi connectivity index (χ3n) is 9.22. The van der Waals surface area contributed by atoms with Crippen molar-refractivity contribution in [3.05, 3.63) is 128 Å². The van der Waals surface area contributed by atoms with Crippen molar-refractivity contribution in [2.45, 2.75) is 69.9 Å². The first-order chi connectivity index (χ1) is 29.7. The number of nitrogens with zero attached hydrogens (tertiary/aromatic N) is 5. The molecule has 10 nitrogen and oxygen atoms in total. The molecule has 17 heteroatoms. The van der Waals surface area contributed by atoms with Crippen molar-refractivity contribution in [2.75, 3.05) is 32.7 Å². The molecule has 0 aliphatic carbocycles. The van der Waals surface area contributed by atoms with Gasteiger partial charge in [-0.2, -0.15) is 5.26 Å². The molecule has 4 aromatic rings. The van der Waals surface area contributed by atoms with Crippen LogP contribution >= 0.6 is 35.6 Å². The number of nitriles is 1. The SMILES string of the molecule is Cl.N#CC(O)C1(F)CCN(C(=O)c2ccc(F)c(Cl)c2)CC1.[2H]C([2H])(N)c1ccc(C)cn1.[2H]C([2H])([2H])c1ccc(C([2H])([2H])NCC2(F)CCN(C(=O)c3ccc(F)c(Cl)c3)CC2)nc1. The summed E-state index contributed by atoms with van der Waals surface area (Å²) in [4.78, 5) is 35.3. The van der Waals surface area contributed by atoms with Crippen molar-refractivity contribution in [1.82, 2.24) is 25.1 Å². The molecule has 2 fully saturated rings. The van der Waals surface area contributed by atoms with E-state index in [0.29, 0.717) is 0 Å². The molecule has 6 rings (SSSR count). The number of benzene rings is 2. The Morgan fingerprint density at radius 2 is 1.38 bits per heavy atom. The quantitative estimate of drug-likeness (QED) is 0.122. The molecule has 0 radical (unpaired) electrons. The maximum atomic E-state index is 15.3. The van der Waals surface area contributed by atoms with Crippen molar-refractivity contribution >= 4 is 47.4 Å². The van der Waals surface area contributed by atoms with E-state index in [-0.39, 0.29) is 121 Å². The Morgan fingerprint density at radius 3 is 1.81 bits per heavy atom. The number of aryl methyl sites for hydroxylation is 2. The molecule has 2 amide bonds. The standard InChI is InChI=1S/C20H22ClF2N3O.C14H13ClF2N2O2.C7H10N2.ClH/c1-14-2-4-16(25-11-14)12-24-13-20(23)6-8-26(9-7-20)19(27)15-3-5-18(22)17(21)10-15;15-10-7-9(1-2-11(10)16)13(21)19-5-3-14(17,4-6-19)12(20)8-18;1-6-2-3-7(4-8)9-5-6;/h2-5,10-11,24H,6-9,12-13H2,1H3;1-2,7,12,20H,3-6H2;2-3,5H,4,8H2,1H3;1H/i1D3,12D2;;4D2;. The maximum absolute atomic E-state index is 15.3. The highest BCUT2D eigenvalue weighted by molar-refractivity contribution is 6.31. The van der Waals surface area contributed by atoms with Gasteiger partial charge in [-0.15, -0.1) is 12.4 Å². The first kappa shape index (κ1) is 37.9. The van der Waals surface area contributed by atoms with Gasteiger partial charge in [0.25, 0.3) is 11.8 Å². The molecular formula is C41H46Cl3F4N7O3. The Balaban J connectivity index is 0.000000290. The third kappa shape index (κ3) is 13.6. The Kier molecular flexibility index (Phi) is 14.5. The summed E-state index contributed by atoms with van der Waals surface area (Å²) in [5.41, 5.74) is 3.05. The number of nitrogens with two attached hydrogens (primary N) is 1. The largest absolute Gasteiger partial charge is 0.375 e. The first-order valence-electron chi connectivity index (χ1n) is 21.1. The average Bonchev–Trinajstić information content (AvgIpc) is 3.25. The van der Waals surface area contributed by atoms with Gasteiger partial charge in [0.15, 0.2) is 11.8 Å². The molecule has 58 heavy (non-hydrogen) atoms. The van der Waals surface area contributed by atoms with Crippen LogP contribution in [-0.4, -0.2) is 86.9 Å². The van der Waals surface area contributed by atoms with E-state index in [1.54, 1.807) is 18.3 Å². The van der Waals surface area contributed by atoms with Crippen LogP contribution in [-0.2, 0) is 13.0 Å². The van der Waals surface area contributed by atoms with Gasteiger partial charge in [0, 0.05) is 105 Å². The fourth-order valence-corrected chi connectivity index (χ4v) is 6.06. The van der Waals surface area contributed by atoms with Gasteiger partial charge in [-0.25, -0.2) is 17.6 Å². The number of aliphatic hydroxyl groups excluding tert-OH is 1. The second-order valence-corrected chi connectivity index (χ2v) is 14.1. The summed E-state index contributed by atoms with van der Waals surface area (Å²) in [6.45, 7) is -4.40. The van der Waals surface area contributed by atoms with Crippen LogP contribution < -0.4 is 11.1 Å². The molecule has 2 aromatic carbocycles. The number of hydrogen-bond donors (Lipinski definition) is 3. The van der Waals surface area contributed by atoms with E-state index in [1.165, 1.54) is 52.3 Å². The van der Waals surface area contributed by atoms with E-state index >= 15 is 4.39 Å². The van der Waals surface area contributed by atoms with Crippen molar-refractivity contribution in [3.8, 4) is 6.07 Å². The van der Waals surface area contributed by atoms with E-state index in [2.05, 4.69) is 15.3 Å². The lowest BCUT2D eigenvalue weighted by Gasteiger charge is -2.37. The minimum Gasteiger partial charge on any atom is -0.375 e. The number of amides is 2. The molecule has 2 aliphatic rings. The number of carbonyl (C=O) groups excluding carboxylic acids is 2. The predicted octanol–water partition coefficient (Wildman–Crippen LogP) is 7.50. The second kappa shape index (κ2) is 22.1. The van der Waals surface area contributed by atoms with Gasteiger partial charge < -0.3 is 26.0 Å². The van der Waals surface area contributed by atoms with Gasteiger partial charge >= 0.3 is 0 Å². The number of likely N-dealkylation sites (tertiary alicyclic amines) is 2. The highest BCUT2D eigenvalue weighted by Gasteiger charge is 2.42. The molecule has 2 aliphatic heterocycles. The van der Waals surface area contributed by atoms with Crippen LogP contribution in [0.1, 0.15) is 78.5 Å². The van der Waals surface area contributed by atoms with Crippen molar-refractivity contribution in [3.63, 3.8) is 0 Å². The number of halogens is 7. The molecule has 312 valence electrons. The first-order valence-corrected chi connectivity index (χ1v) is 18.3. The fraction of sp³-hybridized carbons (Fsp3) is 0.390. The normalized spacial score (nSPS) is 18.4. The van der Waals surface area contributed by atoms with Crippen LogP contribution in [0.2, 0.25) is 10.0 Å². The molecule has 2 saturated heterocycles. The van der Waals surface area contributed by atoms with E-state index in [0.717, 1.165) is 23.9 Å². The van der Waals surface area contributed by atoms with E-state index in [1.807, 2.05) is 6.92 Å². The van der Waals surface area contributed by atoms with Gasteiger partial charge in [0.1, 0.15) is 17.3 Å². The lowest BCUT2D eigenvalue weighted by Crippen LogP contribution is -2.49. The zero-order valence-electron chi connectivity index (χ0n) is 38.1. The molecular weight excluding hydrogens is 821 g/mol. The number of nitrogens with one attached hydrogen (secondary N) is 1. The van der Waals surface area contributed by atoms with Crippen LogP contribution in [0.3, 0.4) is 0 Å². The van der Waals surface area contributed by atoms with Crippen LogP contribution in [0, 0.1) is 36.7 Å². The Hall–Kier alpha value is -4.36. The minimum atomic E-state index is -2.35. The molecule has 1 atom stereocenters. The predicted molar refractivity (Wildman–Crippen MR) is 217 cm³/mol. The summed E-state index contributed by atoms with van der Waals surface area (Å²) in [6, 6.07) is 14.7. The lowest BCUT2D eigenvalue weighted by molar-refractivity contribution is -0.0201. The van der Waals surface area contributed by atoms with Crippen molar-refractivity contribution < 1.29 is 41.9 Å². The molecule has 2 aromatic heterocycles. The molecule has 0 saturated carbocycles. The molecule has 0 spiro atoms. The Morgan fingerprint density at radius 1 is 0.897 bits per heavy atom. The second-order valence-electron chi connectivity index (χ2n) is 13.3. The van der Waals surface area contributed by atoms with Gasteiger partial charge in [-0.3, -0.25) is 19.6 Å². The van der Waals surface area contributed by atoms with E-state index in [9.17, 15) is 27.9 Å². The molecule has 4 heterocycles. The number of aliphatic hydroxyl groups is 1. The fourth-order valence-electron chi connectivity index (χ4n) is 5.70. The maximum Gasteiger partial charge on any atom is 0.253 e. The van der Waals surface area contributed by atoms with Gasteiger partial charge in [0.2, 0.25) is 0 Å². The van der Waals surface area contributed by atoms with Gasteiger partial charge in [0.05, 0.1) is 27.5 Å². The number of hydrogen-bond acceptors (Lipinski definition) is 8. The summed E-state index contributed by atoms with van der Waals surface area (Å²) in [5, 5.41) is 20.1. The topological polar surface area (TPSA) is 148 Å². The van der Waals surface area contributed by atoms with Crippen molar-refractivity contribution in [1.29, 1.82) is 5.26 Å². The molecule has 1 unspecified atom stereocenters. The summed E-state index contributed by atoms with van der Waals surface area (Å²) in [7, 11) is 0. The van der Waals surface area contributed by atoms with Crippen LogP contribution in [0.25, 0.3) is 0 Å². The lowest BCUT2D eigenvalue weighted by atomic mass is 9.88.